The molecule has 0 saturated carbocycles. The Labute approximate surface area is 134 Å². The van der Waals surface area contributed by atoms with Crippen molar-refractivity contribution in [3.63, 3.8) is 0 Å². The van der Waals surface area contributed by atoms with E-state index in [9.17, 15) is 5.11 Å². The molecule has 2 aromatic rings. The molecule has 0 amide bonds. The summed E-state index contributed by atoms with van der Waals surface area (Å²) in [5, 5.41) is 14.0. The molecule has 1 atom stereocenters. The minimum Gasteiger partial charge on any atom is -0.496 e. The Morgan fingerprint density at radius 1 is 1.38 bits per heavy atom. The standard InChI is InChI=1S/C16H20ClNO2S/c1-16(2,3)14-9-21-15(18-14)8-12(19)11-7-10(17)5-6-13(11)20-4/h5-7,9,12,19H,8H2,1-4H3. The lowest BCUT2D eigenvalue weighted by Gasteiger charge is -2.15. The SMILES string of the molecule is COc1ccc(Cl)cc1C(O)Cc1nc(C(C)(C)C)cs1. The highest BCUT2D eigenvalue weighted by Gasteiger charge is 2.20. The maximum Gasteiger partial charge on any atom is 0.124 e. The van der Waals surface area contributed by atoms with Gasteiger partial charge in [0, 0.05) is 27.8 Å². The van der Waals surface area contributed by atoms with E-state index in [0.29, 0.717) is 22.8 Å². The van der Waals surface area contributed by atoms with Gasteiger partial charge in [-0.15, -0.1) is 11.3 Å². The Hall–Kier alpha value is -1.10. The zero-order valence-electron chi connectivity index (χ0n) is 12.7. The molecule has 0 radical (unpaired) electrons. The summed E-state index contributed by atoms with van der Waals surface area (Å²) in [5.74, 6) is 0.638. The number of aliphatic hydroxyl groups is 1. The molecule has 1 aromatic carbocycles. The van der Waals surface area contributed by atoms with Crippen LogP contribution in [0.25, 0.3) is 0 Å². The van der Waals surface area contributed by atoms with Crippen LogP contribution in [0, 0.1) is 0 Å². The van der Waals surface area contributed by atoms with Crippen molar-refractivity contribution >= 4 is 22.9 Å². The zero-order chi connectivity index (χ0) is 15.6. The monoisotopic (exact) mass is 325 g/mol. The number of methoxy groups -OCH3 is 1. The van der Waals surface area contributed by atoms with Crippen LogP contribution in [-0.2, 0) is 11.8 Å². The van der Waals surface area contributed by atoms with Crippen LogP contribution >= 0.6 is 22.9 Å². The van der Waals surface area contributed by atoms with Gasteiger partial charge in [-0.25, -0.2) is 4.98 Å². The molecule has 5 heteroatoms. The Morgan fingerprint density at radius 3 is 2.67 bits per heavy atom. The highest BCUT2D eigenvalue weighted by atomic mass is 35.5. The molecule has 114 valence electrons. The van der Waals surface area contributed by atoms with Crippen molar-refractivity contribution in [3.05, 3.63) is 44.9 Å². The number of benzene rings is 1. The number of hydrogen-bond donors (Lipinski definition) is 1. The summed E-state index contributed by atoms with van der Waals surface area (Å²) >= 11 is 7.58. The lowest BCUT2D eigenvalue weighted by molar-refractivity contribution is 0.174. The number of hydrogen-bond acceptors (Lipinski definition) is 4. The lowest BCUT2D eigenvalue weighted by atomic mass is 9.93. The summed E-state index contributed by atoms with van der Waals surface area (Å²) < 4.78 is 5.28. The predicted octanol–water partition coefficient (Wildman–Crippen LogP) is 4.38. The number of ether oxygens (including phenoxy) is 1. The second-order valence-corrected chi connectivity index (χ2v) is 7.36. The van der Waals surface area contributed by atoms with Crippen molar-refractivity contribution in [1.82, 2.24) is 4.98 Å². The maximum atomic E-state index is 10.5. The highest BCUT2D eigenvalue weighted by Crippen LogP contribution is 2.32. The summed E-state index contributed by atoms with van der Waals surface area (Å²) in [4.78, 5) is 4.61. The molecular formula is C16H20ClNO2S. The van der Waals surface area contributed by atoms with Gasteiger partial charge in [-0.05, 0) is 18.2 Å². The Bertz CT molecular complexity index is 619. The molecule has 1 aromatic heterocycles. The molecule has 0 spiro atoms. The summed E-state index contributed by atoms with van der Waals surface area (Å²) in [7, 11) is 1.58. The Morgan fingerprint density at radius 2 is 2.10 bits per heavy atom. The molecule has 1 heterocycles. The fourth-order valence-corrected chi connectivity index (χ4v) is 3.23. The van der Waals surface area contributed by atoms with E-state index in [1.165, 1.54) is 0 Å². The first-order valence-electron chi connectivity index (χ1n) is 6.77. The van der Waals surface area contributed by atoms with Crippen molar-refractivity contribution in [2.45, 2.75) is 38.7 Å². The average Bonchev–Trinajstić information content (AvgIpc) is 2.87. The minimum atomic E-state index is -0.683. The number of aliphatic hydroxyl groups excluding tert-OH is 1. The van der Waals surface area contributed by atoms with E-state index < -0.39 is 6.10 Å². The predicted molar refractivity (Wildman–Crippen MR) is 87.5 cm³/mol. The summed E-state index contributed by atoms with van der Waals surface area (Å²) in [6.07, 6.45) is -0.227. The van der Waals surface area contributed by atoms with Crippen LogP contribution < -0.4 is 4.74 Å². The van der Waals surface area contributed by atoms with Gasteiger partial charge >= 0.3 is 0 Å². The molecule has 0 aliphatic carbocycles. The van der Waals surface area contributed by atoms with E-state index in [4.69, 9.17) is 16.3 Å². The lowest BCUT2D eigenvalue weighted by Crippen LogP contribution is -2.12. The molecule has 0 aliphatic rings. The van der Waals surface area contributed by atoms with Crippen LogP contribution in [0.3, 0.4) is 0 Å². The maximum absolute atomic E-state index is 10.5. The molecule has 21 heavy (non-hydrogen) atoms. The fourth-order valence-electron chi connectivity index (χ4n) is 1.99. The van der Waals surface area contributed by atoms with E-state index in [-0.39, 0.29) is 5.41 Å². The molecule has 2 rings (SSSR count). The molecule has 0 aliphatic heterocycles. The Kier molecular flexibility index (Phi) is 4.91. The second-order valence-electron chi connectivity index (χ2n) is 5.98. The largest absolute Gasteiger partial charge is 0.496 e. The topological polar surface area (TPSA) is 42.4 Å². The third-order valence-electron chi connectivity index (χ3n) is 3.24. The van der Waals surface area contributed by atoms with Crippen LogP contribution in [-0.4, -0.2) is 17.2 Å². The molecular weight excluding hydrogens is 306 g/mol. The average molecular weight is 326 g/mol. The number of nitrogens with zero attached hydrogens (tertiary/aromatic N) is 1. The van der Waals surface area contributed by atoms with Crippen LogP contribution in [0.2, 0.25) is 5.02 Å². The molecule has 0 saturated heterocycles. The van der Waals surface area contributed by atoms with Crippen molar-refractivity contribution in [1.29, 1.82) is 0 Å². The van der Waals surface area contributed by atoms with Gasteiger partial charge in [0.25, 0.3) is 0 Å². The zero-order valence-corrected chi connectivity index (χ0v) is 14.3. The van der Waals surface area contributed by atoms with E-state index in [1.807, 2.05) is 0 Å². The van der Waals surface area contributed by atoms with Gasteiger partial charge in [0.05, 0.1) is 23.9 Å². The van der Waals surface area contributed by atoms with Gasteiger partial charge in [-0.1, -0.05) is 32.4 Å². The summed E-state index contributed by atoms with van der Waals surface area (Å²) in [6, 6.07) is 5.25. The molecule has 1 unspecified atom stereocenters. The van der Waals surface area contributed by atoms with Crippen molar-refractivity contribution in [3.8, 4) is 5.75 Å². The third-order valence-corrected chi connectivity index (χ3v) is 4.35. The van der Waals surface area contributed by atoms with Gasteiger partial charge in [-0.3, -0.25) is 0 Å². The van der Waals surface area contributed by atoms with Crippen molar-refractivity contribution < 1.29 is 9.84 Å². The second kappa shape index (κ2) is 6.34. The Balaban J connectivity index is 2.20. The van der Waals surface area contributed by atoms with Crippen molar-refractivity contribution in [2.24, 2.45) is 0 Å². The normalized spacial score (nSPS) is 13.2. The van der Waals surface area contributed by atoms with Gasteiger partial charge in [0.2, 0.25) is 0 Å². The van der Waals surface area contributed by atoms with E-state index >= 15 is 0 Å². The number of rotatable bonds is 4. The number of thiazole rings is 1. The first-order chi connectivity index (χ1) is 9.81. The van der Waals surface area contributed by atoms with E-state index in [2.05, 4.69) is 31.1 Å². The molecule has 1 N–H and O–H groups in total. The minimum absolute atomic E-state index is 0.0213. The van der Waals surface area contributed by atoms with Gasteiger partial charge in [0.15, 0.2) is 0 Å². The third kappa shape index (κ3) is 3.96. The number of halogens is 1. The molecule has 3 nitrogen and oxygen atoms in total. The van der Waals surface area contributed by atoms with E-state index in [1.54, 1.807) is 36.6 Å². The molecule has 0 fully saturated rings. The van der Waals surface area contributed by atoms with E-state index in [0.717, 1.165) is 10.7 Å². The highest BCUT2D eigenvalue weighted by molar-refractivity contribution is 7.09. The summed E-state index contributed by atoms with van der Waals surface area (Å²) in [6.45, 7) is 6.38. The first kappa shape index (κ1) is 16.3. The van der Waals surface area contributed by atoms with Crippen LogP contribution in [0.4, 0.5) is 0 Å². The van der Waals surface area contributed by atoms with Crippen LogP contribution in [0.1, 0.15) is 43.1 Å². The quantitative estimate of drug-likeness (QED) is 0.907. The van der Waals surface area contributed by atoms with Gasteiger partial charge in [-0.2, -0.15) is 0 Å². The van der Waals surface area contributed by atoms with Gasteiger partial charge < -0.3 is 9.84 Å². The first-order valence-corrected chi connectivity index (χ1v) is 8.03. The number of aromatic nitrogens is 1. The smallest absolute Gasteiger partial charge is 0.124 e. The molecule has 0 bridgehead atoms. The van der Waals surface area contributed by atoms with Crippen molar-refractivity contribution in [2.75, 3.05) is 7.11 Å². The van der Waals surface area contributed by atoms with Crippen LogP contribution in [0.15, 0.2) is 23.6 Å². The van der Waals surface area contributed by atoms with Crippen LogP contribution in [0.5, 0.6) is 5.75 Å². The summed E-state index contributed by atoms with van der Waals surface area (Å²) in [5.41, 5.74) is 1.76. The fraction of sp³-hybridized carbons (Fsp3) is 0.438. The van der Waals surface area contributed by atoms with Gasteiger partial charge in [0.1, 0.15) is 5.75 Å².